The molecule has 6 nitrogen and oxygen atoms in total. The lowest BCUT2D eigenvalue weighted by atomic mass is 9.69. The molecule has 2 fully saturated rings. The van der Waals surface area contributed by atoms with Crippen molar-refractivity contribution >= 4 is 5.91 Å². The number of benzene rings is 1. The van der Waals surface area contributed by atoms with Crippen LogP contribution in [-0.4, -0.2) is 32.2 Å². The number of nitrogens with zero attached hydrogens (tertiary/aromatic N) is 4. The Balaban J connectivity index is 1.54. The number of hydrogen-bond donors (Lipinski definition) is 1. The third-order valence-electron chi connectivity index (χ3n) is 7.15. The number of aryl methyl sites for hydroxylation is 1. The summed E-state index contributed by atoms with van der Waals surface area (Å²) in [7, 11) is 0. The van der Waals surface area contributed by atoms with Gasteiger partial charge in [-0.15, -0.1) is 5.10 Å². The Kier molecular flexibility index (Phi) is 3.49. The van der Waals surface area contributed by atoms with Crippen LogP contribution < -0.4 is 5.32 Å². The highest BCUT2D eigenvalue weighted by Crippen LogP contribution is 2.65. The van der Waals surface area contributed by atoms with Crippen molar-refractivity contribution in [2.75, 3.05) is 0 Å². The van der Waals surface area contributed by atoms with E-state index in [-0.39, 0.29) is 17.4 Å². The lowest BCUT2D eigenvalue weighted by Crippen LogP contribution is -2.46. The van der Waals surface area contributed by atoms with E-state index in [0.717, 1.165) is 17.7 Å². The van der Waals surface area contributed by atoms with Crippen LogP contribution in [0, 0.1) is 23.7 Å². The number of fused-ring (bicyclic) bond motifs is 2. The maximum Gasteiger partial charge on any atom is 0.251 e. The zero-order chi connectivity index (χ0) is 17.8. The second-order valence-electron chi connectivity index (χ2n) is 8.39. The average molecular weight is 339 g/mol. The van der Waals surface area contributed by atoms with Gasteiger partial charge in [0, 0.05) is 11.6 Å². The molecular formula is C19H25N5O. The molecule has 1 aromatic carbocycles. The van der Waals surface area contributed by atoms with Crippen molar-refractivity contribution in [1.29, 1.82) is 0 Å². The largest absolute Gasteiger partial charge is 0.349 e. The van der Waals surface area contributed by atoms with Crippen molar-refractivity contribution in [2.45, 2.75) is 53.0 Å². The number of carbonyl (C=O) groups is 1. The molecule has 1 amide bonds. The summed E-state index contributed by atoms with van der Waals surface area (Å²) in [4.78, 5) is 12.8. The molecule has 2 aliphatic carbocycles. The van der Waals surface area contributed by atoms with Gasteiger partial charge in [-0.25, -0.2) is 4.68 Å². The monoisotopic (exact) mass is 339 g/mol. The molecule has 1 aromatic heterocycles. The van der Waals surface area contributed by atoms with E-state index in [9.17, 15) is 4.79 Å². The van der Waals surface area contributed by atoms with Crippen LogP contribution in [0.3, 0.4) is 0 Å². The molecule has 1 heterocycles. The molecule has 25 heavy (non-hydrogen) atoms. The van der Waals surface area contributed by atoms with Gasteiger partial charge in [-0.1, -0.05) is 20.8 Å². The van der Waals surface area contributed by atoms with Gasteiger partial charge in [0.25, 0.3) is 5.91 Å². The van der Waals surface area contributed by atoms with Crippen LogP contribution >= 0.6 is 0 Å². The van der Waals surface area contributed by atoms with E-state index in [2.05, 4.69) is 41.6 Å². The predicted octanol–water partition coefficient (Wildman–Crippen LogP) is 2.92. The highest BCUT2D eigenvalue weighted by Gasteiger charge is 2.61. The second-order valence-corrected chi connectivity index (χ2v) is 8.39. The molecule has 0 unspecified atom stereocenters. The Morgan fingerprint density at radius 2 is 2.12 bits per heavy atom. The zero-order valence-corrected chi connectivity index (χ0v) is 15.3. The molecule has 2 saturated carbocycles. The molecule has 132 valence electrons. The molecule has 1 N–H and O–H groups in total. The maximum atomic E-state index is 12.8. The summed E-state index contributed by atoms with van der Waals surface area (Å²) in [6.45, 7) is 9.04. The van der Waals surface area contributed by atoms with E-state index in [1.54, 1.807) is 11.0 Å². The Morgan fingerprint density at radius 1 is 1.32 bits per heavy atom. The topological polar surface area (TPSA) is 72.7 Å². The van der Waals surface area contributed by atoms with Crippen LogP contribution in [0.1, 0.15) is 56.0 Å². The molecule has 0 saturated heterocycles. The third-order valence-corrected chi connectivity index (χ3v) is 7.15. The molecule has 3 atom stereocenters. The standard InChI is InChI=1S/C19H25N5O/c1-12-9-13(5-6-15(12)24-11-20-22-23-24)17(25)21-16-10-14-7-8-19(16,4)18(14,2)3/h5-6,9,11,14,16H,7-8,10H2,1-4H3,(H,21,25)/t14-,16+,19-/m1/s1. The molecule has 2 aromatic rings. The van der Waals surface area contributed by atoms with Crippen LogP contribution in [0.5, 0.6) is 0 Å². The van der Waals surface area contributed by atoms with Gasteiger partial charge in [0.15, 0.2) is 0 Å². The first-order valence-corrected chi connectivity index (χ1v) is 8.98. The van der Waals surface area contributed by atoms with Crippen molar-refractivity contribution in [3.63, 3.8) is 0 Å². The fourth-order valence-electron chi connectivity index (χ4n) is 4.99. The fourth-order valence-corrected chi connectivity index (χ4v) is 4.99. The van der Waals surface area contributed by atoms with Gasteiger partial charge in [-0.3, -0.25) is 4.79 Å². The molecule has 6 heteroatoms. The fraction of sp³-hybridized carbons (Fsp3) is 0.579. The zero-order valence-electron chi connectivity index (χ0n) is 15.3. The minimum absolute atomic E-state index is 0.0148. The molecule has 2 aliphatic rings. The van der Waals surface area contributed by atoms with Crippen LogP contribution in [0.2, 0.25) is 0 Å². The van der Waals surface area contributed by atoms with E-state index in [1.807, 2.05) is 25.1 Å². The van der Waals surface area contributed by atoms with Gasteiger partial charge in [-0.05, 0) is 77.1 Å². The second kappa shape index (κ2) is 5.38. The SMILES string of the molecule is Cc1cc(C(=O)N[C@H]2C[C@H]3CC[C@@]2(C)C3(C)C)ccc1-n1cnnn1. The molecule has 0 radical (unpaired) electrons. The molecular weight excluding hydrogens is 314 g/mol. The molecule has 0 spiro atoms. The van der Waals surface area contributed by atoms with Crippen molar-refractivity contribution in [3.8, 4) is 5.69 Å². The molecule has 0 aliphatic heterocycles. The lowest BCUT2D eigenvalue weighted by molar-refractivity contribution is 0.0826. The van der Waals surface area contributed by atoms with Gasteiger partial charge in [0.05, 0.1) is 5.69 Å². The minimum Gasteiger partial charge on any atom is -0.349 e. The van der Waals surface area contributed by atoms with Gasteiger partial charge in [0.1, 0.15) is 6.33 Å². The van der Waals surface area contributed by atoms with Crippen molar-refractivity contribution < 1.29 is 4.79 Å². The lowest BCUT2D eigenvalue weighted by Gasteiger charge is -2.39. The molecule has 2 bridgehead atoms. The Bertz CT molecular complexity index is 813. The van der Waals surface area contributed by atoms with Gasteiger partial charge in [-0.2, -0.15) is 0 Å². The Labute approximate surface area is 148 Å². The first kappa shape index (κ1) is 16.2. The average Bonchev–Trinajstić information content (AvgIpc) is 3.21. The van der Waals surface area contributed by atoms with E-state index in [0.29, 0.717) is 16.9 Å². The van der Waals surface area contributed by atoms with Crippen LogP contribution in [0.15, 0.2) is 24.5 Å². The minimum atomic E-state index is 0.0148. The predicted molar refractivity (Wildman–Crippen MR) is 94.4 cm³/mol. The first-order chi connectivity index (χ1) is 11.8. The highest BCUT2D eigenvalue weighted by molar-refractivity contribution is 5.95. The quantitative estimate of drug-likeness (QED) is 0.933. The summed E-state index contributed by atoms with van der Waals surface area (Å²) in [6, 6.07) is 5.91. The van der Waals surface area contributed by atoms with Crippen molar-refractivity contribution in [2.24, 2.45) is 16.7 Å². The van der Waals surface area contributed by atoms with Crippen molar-refractivity contribution in [1.82, 2.24) is 25.5 Å². The Hall–Kier alpha value is -2.24. The van der Waals surface area contributed by atoms with E-state index < -0.39 is 0 Å². The number of rotatable bonds is 3. The number of carbonyl (C=O) groups excluding carboxylic acids is 1. The summed E-state index contributed by atoms with van der Waals surface area (Å²) in [5.74, 6) is 0.729. The number of amides is 1. The highest BCUT2D eigenvalue weighted by atomic mass is 16.1. The van der Waals surface area contributed by atoms with E-state index in [1.165, 1.54) is 12.8 Å². The summed E-state index contributed by atoms with van der Waals surface area (Å²) < 4.78 is 1.61. The van der Waals surface area contributed by atoms with Crippen LogP contribution in [0.4, 0.5) is 0 Å². The normalized spacial score (nSPS) is 29.8. The summed E-state index contributed by atoms with van der Waals surface area (Å²) in [6.07, 6.45) is 5.14. The van der Waals surface area contributed by atoms with Gasteiger partial charge < -0.3 is 5.32 Å². The summed E-state index contributed by atoms with van der Waals surface area (Å²) >= 11 is 0. The first-order valence-electron chi connectivity index (χ1n) is 8.98. The number of aromatic nitrogens is 4. The third kappa shape index (κ3) is 2.30. The van der Waals surface area contributed by atoms with E-state index in [4.69, 9.17) is 0 Å². The maximum absolute atomic E-state index is 12.8. The number of tetrazole rings is 1. The van der Waals surface area contributed by atoms with Gasteiger partial charge >= 0.3 is 0 Å². The molecule has 4 rings (SSSR count). The van der Waals surface area contributed by atoms with Crippen LogP contribution in [0.25, 0.3) is 5.69 Å². The summed E-state index contributed by atoms with van der Waals surface area (Å²) in [5.41, 5.74) is 3.03. The van der Waals surface area contributed by atoms with Crippen LogP contribution in [-0.2, 0) is 0 Å². The van der Waals surface area contributed by atoms with Crippen molar-refractivity contribution in [3.05, 3.63) is 35.7 Å². The Morgan fingerprint density at radius 3 is 2.68 bits per heavy atom. The van der Waals surface area contributed by atoms with Gasteiger partial charge in [0.2, 0.25) is 0 Å². The number of hydrogen-bond acceptors (Lipinski definition) is 4. The number of nitrogens with one attached hydrogen (secondary N) is 1. The smallest absolute Gasteiger partial charge is 0.251 e. The van der Waals surface area contributed by atoms with E-state index >= 15 is 0 Å². The summed E-state index contributed by atoms with van der Waals surface area (Å²) in [5, 5.41) is 14.6.